The van der Waals surface area contributed by atoms with Crippen molar-refractivity contribution in [2.24, 2.45) is 0 Å². The molecule has 0 spiro atoms. The molecule has 2 aromatic rings. The van der Waals surface area contributed by atoms with E-state index in [1.807, 2.05) is 0 Å². The zero-order valence-electron chi connectivity index (χ0n) is 12.8. The van der Waals surface area contributed by atoms with E-state index in [0.717, 1.165) is 0 Å². The van der Waals surface area contributed by atoms with Gasteiger partial charge in [-0.2, -0.15) is 26.3 Å². The summed E-state index contributed by atoms with van der Waals surface area (Å²) in [4.78, 5) is 33.6. The molecule has 0 aliphatic carbocycles. The normalized spacial score (nSPS) is 11.4. The molecule has 0 radical (unpaired) electrons. The van der Waals surface area contributed by atoms with E-state index in [1.54, 1.807) is 4.98 Å². The standard InChI is InChI=1S/C6H2ClF3N2O2.C6H3F3N2O3/c7-5-4(6(8,9)10)1-3(2-11-5)12(13)14;7-6(8,9)4-1-3(11(13)14)2-10-5(4)12/h1-2H;1-2H,(H,10,12). The number of nitrogens with one attached hydrogen (secondary N) is 1. The first-order valence-corrected chi connectivity index (χ1v) is 6.84. The first-order valence-electron chi connectivity index (χ1n) is 6.46. The summed E-state index contributed by atoms with van der Waals surface area (Å²) in [7, 11) is 0. The molecule has 0 aliphatic heterocycles. The number of nitro groups is 2. The Bertz CT molecular complexity index is 959. The SMILES string of the molecule is O=[N+]([O-])c1cnc(Cl)c(C(F)(F)F)c1.O=c1[nH]cc([N+](=O)[O-])cc1C(F)(F)F. The molecule has 16 heteroatoms. The van der Waals surface area contributed by atoms with Crippen LogP contribution in [-0.4, -0.2) is 19.8 Å². The van der Waals surface area contributed by atoms with Gasteiger partial charge in [-0.05, 0) is 0 Å². The molecule has 0 atom stereocenters. The summed E-state index contributed by atoms with van der Waals surface area (Å²) in [6, 6.07) is 0.536. The van der Waals surface area contributed by atoms with Gasteiger partial charge in [-0.15, -0.1) is 0 Å². The Morgan fingerprint density at radius 1 is 0.929 bits per heavy atom. The van der Waals surface area contributed by atoms with E-state index in [-0.39, 0.29) is 6.07 Å². The van der Waals surface area contributed by atoms with E-state index in [9.17, 15) is 51.4 Å². The third-order valence-corrected chi connectivity index (χ3v) is 3.05. The lowest BCUT2D eigenvalue weighted by atomic mass is 10.2. The highest BCUT2D eigenvalue weighted by atomic mass is 35.5. The van der Waals surface area contributed by atoms with Crippen LogP contribution in [0, 0.1) is 20.2 Å². The maximum Gasteiger partial charge on any atom is 0.421 e. The van der Waals surface area contributed by atoms with Gasteiger partial charge in [0.1, 0.15) is 16.9 Å². The van der Waals surface area contributed by atoms with Crippen molar-refractivity contribution in [1.82, 2.24) is 9.97 Å². The molecule has 0 bridgehead atoms. The Morgan fingerprint density at radius 2 is 1.39 bits per heavy atom. The van der Waals surface area contributed by atoms with E-state index < -0.39 is 55.4 Å². The van der Waals surface area contributed by atoms with Crippen molar-refractivity contribution >= 4 is 23.0 Å². The van der Waals surface area contributed by atoms with Gasteiger partial charge in [0.05, 0.1) is 21.6 Å². The number of nitrogens with zero attached hydrogens (tertiary/aromatic N) is 3. The highest BCUT2D eigenvalue weighted by Crippen LogP contribution is 2.35. The summed E-state index contributed by atoms with van der Waals surface area (Å²) < 4.78 is 72.6. The van der Waals surface area contributed by atoms with Crippen LogP contribution in [0.1, 0.15) is 11.1 Å². The second-order valence-electron chi connectivity index (χ2n) is 4.64. The van der Waals surface area contributed by atoms with E-state index in [2.05, 4.69) is 4.98 Å². The summed E-state index contributed by atoms with van der Waals surface area (Å²) in [6.45, 7) is 0. The maximum absolute atomic E-state index is 12.1. The van der Waals surface area contributed by atoms with Gasteiger partial charge < -0.3 is 4.98 Å². The predicted molar refractivity (Wildman–Crippen MR) is 79.6 cm³/mol. The fourth-order valence-electron chi connectivity index (χ4n) is 1.52. The highest BCUT2D eigenvalue weighted by Gasteiger charge is 2.36. The second kappa shape index (κ2) is 8.20. The average Bonchev–Trinajstić information content (AvgIpc) is 2.53. The van der Waals surface area contributed by atoms with Crippen molar-refractivity contribution in [3.63, 3.8) is 0 Å². The molecule has 0 amide bonds. The number of hydrogen-bond donors (Lipinski definition) is 1. The molecule has 1 N–H and O–H groups in total. The quantitative estimate of drug-likeness (QED) is 0.329. The lowest BCUT2D eigenvalue weighted by Gasteiger charge is -2.06. The summed E-state index contributed by atoms with van der Waals surface area (Å²) in [5, 5.41) is 19.5. The molecular formula is C12H5ClF6N4O5. The number of hydrogen-bond acceptors (Lipinski definition) is 6. The molecule has 2 heterocycles. The molecule has 0 aliphatic rings. The van der Waals surface area contributed by atoms with Gasteiger partial charge >= 0.3 is 12.4 Å². The van der Waals surface area contributed by atoms with Crippen molar-refractivity contribution < 1.29 is 36.2 Å². The molecule has 9 nitrogen and oxygen atoms in total. The number of rotatable bonds is 2. The largest absolute Gasteiger partial charge is 0.421 e. The smallest absolute Gasteiger partial charge is 0.322 e. The van der Waals surface area contributed by atoms with Crippen LogP contribution in [0.25, 0.3) is 0 Å². The molecule has 0 saturated carbocycles. The van der Waals surface area contributed by atoms with Gasteiger partial charge in [0, 0.05) is 12.1 Å². The second-order valence-corrected chi connectivity index (χ2v) is 5.00. The molecule has 2 aromatic heterocycles. The Labute approximate surface area is 153 Å². The lowest BCUT2D eigenvalue weighted by molar-refractivity contribution is -0.385. The Kier molecular flexibility index (Phi) is 6.68. The van der Waals surface area contributed by atoms with Crippen molar-refractivity contribution in [3.05, 3.63) is 71.4 Å². The van der Waals surface area contributed by atoms with Gasteiger partial charge in [0.2, 0.25) is 0 Å². The number of halogens is 7. The third-order valence-electron chi connectivity index (χ3n) is 2.75. The zero-order chi connectivity index (χ0) is 21.9. The van der Waals surface area contributed by atoms with Crippen LogP contribution < -0.4 is 5.56 Å². The van der Waals surface area contributed by atoms with Crippen molar-refractivity contribution in [1.29, 1.82) is 0 Å². The van der Waals surface area contributed by atoms with Crippen LogP contribution in [0.5, 0.6) is 0 Å². The van der Waals surface area contributed by atoms with Gasteiger partial charge in [0.25, 0.3) is 16.9 Å². The van der Waals surface area contributed by atoms with E-state index in [1.165, 1.54) is 0 Å². The summed E-state index contributed by atoms with van der Waals surface area (Å²) in [5.41, 5.74) is -5.85. The van der Waals surface area contributed by atoms with E-state index >= 15 is 0 Å². The molecule has 28 heavy (non-hydrogen) atoms. The maximum atomic E-state index is 12.1. The fraction of sp³-hybridized carbons (Fsp3) is 0.167. The highest BCUT2D eigenvalue weighted by molar-refractivity contribution is 6.30. The van der Waals surface area contributed by atoms with Crippen molar-refractivity contribution in [2.45, 2.75) is 12.4 Å². The molecule has 0 aromatic carbocycles. The molecule has 0 unspecified atom stereocenters. The predicted octanol–water partition coefficient (Wildman–Crippen LogP) is 3.96. The van der Waals surface area contributed by atoms with E-state index in [4.69, 9.17) is 11.6 Å². The molecule has 152 valence electrons. The van der Waals surface area contributed by atoms with Gasteiger partial charge in [-0.25, -0.2) is 4.98 Å². The van der Waals surface area contributed by atoms with Crippen LogP contribution in [-0.2, 0) is 12.4 Å². The van der Waals surface area contributed by atoms with Crippen LogP contribution >= 0.6 is 11.6 Å². The monoisotopic (exact) mass is 434 g/mol. The molecule has 0 fully saturated rings. The molecular weight excluding hydrogens is 430 g/mol. The van der Waals surface area contributed by atoms with Crippen LogP contribution in [0.15, 0.2) is 29.3 Å². The molecule has 2 rings (SSSR count). The van der Waals surface area contributed by atoms with Crippen LogP contribution in [0.2, 0.25) is 5.15 Å². The number of aromatic nitrogens is 2. The minimum atomic E-state index is -4.89. The summed E-state index contributed by atoms with van der Waals surface area (Å²) in [6.07, 6.45) is -8.36. The first kappa shape index (κ1) is 22.8. The van der Waals surface area contributed by atoms with Crippen LogP contribution in [0.3, 0.4) is 0 Å². The number of aromatic amines is 1. The van der Waals surface area contributed by atoms with Crippen molar-refractivity contribution in [2.75, 3.05) is 0 Å². The summed E-state index contributed by atoms with van der Waals surface area (Å²) >= 11 is 5.13. The zero-order valence-corrected chi connectivity index (χ0v) is 13.6. The van der Waals surface area contributed by atoms with E-state index in [0.29, 0.717) is 18.5 Å². The van der Waals surface area contributed by atoms with Crippen molar-refractivity contribution in [3.8, 4) is 0 Å². The first-order chi connectivity index (χ1) is 12.6. The lowest BCUT2D eigenvalue weighted by Crippen LogP contribution is -2.21. The third kappa shape index (κ3) is 5.90. The van der Waals surface area contributed by atoms with Gasteiger partial charge in [-0.3, -0.25) is 25.0 Å². The average molecular weight is 435 g/mol. The number of pyridine rings is 2. The van der Waals surface area contributed by atoms with Gasteiger partial charge in [0.15, 0.2) is 0 Å². The molecule has 0 saturated heterocycles. The Morgan fingerprint density at radius 3 is 1.82 bits per heavy atom. The van der Waals surface area contributed by atoms with Gasteiger partial charge in [-0.1, -0.05) is 11.6 Å². The fourth-order valence-corrected chi connectivity index (χ4v) is 1.73. The number of alkyl halides is 6. The minimum absolute atomic E-state index is 0.193. The minimum Gasteiger partial charge on any atom is -0.322 e. The van der Waals surface area contributed by atoms with Crippen LogP contribution in [0.4, 0.5) is 37.7 Å². The Balaban J connectivity index is 0.000000280. The Hall–Kier alpha value is -3.23. The summed E-state index contributed by atoms with van der Waals surface area (Å²) in [5.74, 6) is 0. The number of H-pyrrole nitrogens is 1. The topological polar surface area (TPSA) is 132 Å².